The monoisotopic (exact) mass is 197 g/mol. The highest BCUT2D eigenvalue weighted by Gasteiger charge is 2.15. The maximum absolute atomic E-state index is 10.6. The standard InChI is InChI=1S/C10H15NO3/c1-3-4-5-6-7-9(10(13)14)11-8(2)12/h3,5-6,9H,1,4,7H2,2H3,(H,11,12)(H,13,14)/b6-5+. The Morgan fingerprint density at radius 2 is 2.14 bits per heavy atom. The number of hydrogen-bond donors (Lipinski definition) is 2. The van der Waals surface area contributed by atoms with Gasteiger partial charge in [-0.1, -0.05) is 18.2 Å². The maximum atomic E-state index is 10.6. The summed E-state index contributed by atoms with van der Waals surface area (Å²) in [5.74, 6) is -1.36. The molecular weight excluding hydrogens is 182 g/mol. The van der Waals surface area contributed by atoms with E-state index in [1.54, 1.807) is 12.2 Å². The Kier molecular flexibility index (Phi) is 6.11. The minimum absolute atomic E-state index is 0.294. The normalized spacial score (nSPS) is 12.4. The second-order valence-corrected chi connectivity index (χ2v) is 2.82. The van der Waals surface area contributed by atoms with Crippen molar-refractivity contribution < 1.29 is 14.7 Å². The Labute approximate surface area is 83.3 Å². The minimum atomic E-state index is -1.02. The zero-order valence-electron chi connectivity index (χ0n) is 8.19. The van der Waals surface area contributed by atoms with Crippen molar-refractivity contribution in [1.82, 2.24) is 5.32 Å². The van der Waals surface area contributed by atoms with Crippen molar-refractivity contribution in [3.63, 3.8) is 0 Å². The Balaban J connectivity index is 4.03. The first-order valence-corrected chi connectivity index (χ1v) is 4.33. The first-order chi connectivity index (χ1) is 6.57. The second-order valence-electron chi connectivity index (χ2n) is 2.82. The van der Waals surface area contributed by atoms with E-state index in [2.05, 4.69) is 11.9 Å². The van der Waals surface area contributed by atoms with Crippen molar-refractivity contribution >= 4 is 11.9 Å². The van der Waals surface area contributed by atoms with Crippen LogP contribution in [0.1, 0.15) is 19.8 Å². The number of nitrogens with one attached hydrogen (secondary N) is 1. The van der Waals surface area contributed by atoms with Gasteiger partial charge in [0.15, 0.2) is 0 Å². The number of hydrogen-bond acceptors (Lipinski definition) is 2. The molecule has 0 saturated carbocycles. The van der Waals surface area contributed by atoms with E-state index in [1.807, 2.05) is 6.08 Å². The summed E-state index contributed by atoms with van der Waals surface area (Å²) in [5.41, 5.74) is 0. The predicted octanol–water partition coefficient (Wildman–Crippen LogP) is 1.10. The molecule has 0 aliphatic rings. The summed E-state index contributed by atoms with van der Waals surface area (Å²) in [6.45, 7) is 4.82. The highest BCUT2D eigenvalue weighted by atomic mass is 16.4. The molecule has 2 N–H and O–H groups in total. The molecule has 0 fully saturated rings. The SMILES string of the molecule is C=CC/C=C/CC(NC(C)=O)C(=O)O. The van der Waals surface area contributed by atoms with Crippen LogP contribution in [0.25, 0.3) is 0 Å². The first-order valence-electron chi connectivity index (χ1n) is 4.33. The zero-order valence-corrected chi connectivity index (χ0v) is 8.19. The zero-order chi connectivity index (χ0) is 11.0. The molecule has 0 rings (SSSR count). The molecule has 0 heterocycles. The van der Waals surface area contributed by atoms with E-state index < -0.39 is 12.0 Å². The van der Waals surface area contributed by atoms with E-state index in [0.717, 1.165) is 0 Å². The van der Waals surface area contributed by atoms with Crippen LogP contribution in [-0.4, -0.2) is 23.0 Å². The summed E-state index contributed by atoms with van der Waals surface area (Å²) < 4.78 is 0. The third-order valence-corrected chi connectivity index (χ3v) is 1.52. The van der Waals surface area contributed by atoms with E-state index in [9.17, 15) is 9.59 Å². The molecule has 0 aromatic heterocycles. The fourth-order valence-electron chi connectivity index (χ4n) is 0.892. The van der Waals surface area contributed by atoms with Crippen LogP contribution in [0.5, 0.6) is 0 Å². The number of carbonyl (C=O) groups is 2. The first kappa shape index (κ1) is 12.4. The van der Waals surface area contributed by atoms with Crippen LogP contribution in [0.2, 0.25) is 0 Å². The molecule has 0 bridgehead atoms. The van der Waals surface area contributed by atoms with Gasteiger partial charge in [-0.15, -0.1) is 6.58 Å². The fourth-order valence-corrected chi connectivity index (χ4v) is 0.892. The largest absolute Gasteiger partial charge is 0.480 e. The summed E-state index contributed by atoms with van der Waals surface area (Å²) >= 11 is 0. The predicted molar refractivity (Wildman–Crippen MR) is 53.8 cm³/mol. The average Bonchev–Trinajstić information content (AvgIpc) is 2.09. The molecular formula is C10H15NO3. The molecule has 0 aromatic rings. The van der Waals surface area contributed by atoms with Crippen LogP contribution in [0, 0.1) is 0 Å². The van der Waals surface area contributed by atoms with E-state index in [-0.39, 0.29) is 5.91 Å². The number of carbonyl (C=O) groups excluding carboxylic acids is 1. The molecule has 0 spiro atoms. The van der Waals surface area contributed by atoms with Gasteiger partial charge < -0.3 is 10.4 Å². The van der Waals surface area contributed by atoms with Crippen molar-refractivity contribution in [3.8, 4) is 0 Å². The summed E-state index contributed by atoms with van der Waals surface area (Å²) in [5, 5.41) is 11.1. The van der Waals surface area contributed by atoms with Crippen LogP contribution >= 0.6 is 0 Å². The van der Waals surface area contributed by atoms with Gasteiger partial charge in [0.1, 0.15) is 6.04 Å². The van der Waals surface area contributed by atoms with Gasteiger partial charge in [-0.05, 0) is 12.8 Å². The highest BCUT2D eigenvalue weighted by molar-refractivity contribution is 5.82. The van der Waals surface area contributed by atoms with Crippen molar-refractivity contribution in [2.75, 3.05) is 0 Å². The van der Waals surface area contributed by atoms with Gasteiger partial charge >= 0.3 is 5.97 Å². The smallest absolute Gasteiger partial charge is 0.326 e. The summed E-state index contributed by atoms with van der Waals surface area (Å²) in [6, 6.07) is -0.839. The van der Waals surface area contributed by atoms with E-state index >= 15 is 0 Å². The van der Waals surface area contributed by atoms with Gasteiger partial charge in [-0.3, -0.25) is 4.79 Å². The lowest BCUT2D eigenvalue weighted by molar-refractivity contribution is -0.141. The molecule has 0 aromatic carbocycles. The van der Waals surface area contributed by atoms with Crippen LogP contribution < -0.4 is 5.32 Å². The lowest BCUT2D eigenvalue weighted by atomic mass is 10.2. The van der Waals surface area contributed by atoms with Crippen molar-refractivity contribution in [2.45, 2.75) is 25.8 Å². The van der Waals surface area contributed by atoms with Crippen molar-refractivity contribution in [2.24, 2.45) is 0 Å². The van der Waals surface area contributed by atoms with Crippen LogP contribution in [-0.2, 0) is 9.59 Å². The number of rotatable bonds is 6. The Morgan fingerprint density at radius 3 is 2.57 bits per heavy atom. The molecule has 1 atom stereocenters. The molecule has 4 heteroatoms. The molecule has 78 valence electrons. The molecule has 4 nitrogen and oxygen atoms in total. The lowest BCUT2D eigenvalue weighted by Gasteiger charge is -2.09. The third kappa shape index (κ3) is 5.99. The van der Waals surface area contributed by atoms with Crippen LogP contribution in [0.3, 0.4) is 0 Å². The number of amides is 1. The van der Waals surface area contributed by atoms with E-state index in [0.29, 0.717) is 12.8 Å². The highest BCUT2D eigenvalue weighted by Crippen LogP contribution is 1.96. The van der Waals surface area contributed by atoms with Crippen molar-refractivity contribution in [3.05, 3.63) is 24.8 Å². The molecule has 0 radical (unpaired) electrons. The van der Waals surface area contributed by atoms with Gasteiger partial charge in [-0.2, -0.15) is 0 Å². The number of carboxylic acid groups (broad SMARTS) is 1. The van der Waals surface area contributed by atoms with Crippen LogP contribution in [0.15, 0.2) is 24.8 Å². The number of allylic oxidation sites excluding steroid dienone is 2. The Hall–Kier alpha value is -1.58. The third-order valence-electron chi connectivity index (χ3n) is 1.52. The topological polar surface area (TPSA) is 66.4 Å². The fraction of sp³-hybridized carbons (Fsp3) is 0.400. The summed E-state index contributed by atoms with van der Waals surface area (Å²) in [6.07, 6.45) is 6.24. The molecule has 1 unspecified atom stereocenters. The molecule has 0 aliphatic carbocycles. The van der Waals surface area contributed by atoms with Crippen LogP contribution in [0.4, 0.5) is 0 Å². The van der Waals surface area contributed by atoms with E-state index in [1.165, 1.54) is 6.92 Å². The minimum Gasteiger partial charge on any atom is -0.480 e. The van der Waals surface area contributed by atoms with Gasteiger partial charge in [0.25, 0.3) is 0 Å². The second kappa shape index (κ2) is 6.88. The molecule has 1 amide bonds. The van der Waals surface area contributed by atoms with Gasteiger partial charge in [0.2, 0.25) is 5.91 Å². The molecule has 14 heavy (non-hydrogen) atoms. The number of aliphatic carboxylic acids is 1. The molecule has 0 saturated heterocycles. The van der Waals surface area contributed by atoms with E-state index in [4.69, 9.17) is 5.11 Å². The number of carboxylic acids is 1. The van der Waals surface area contributed by atoms with Gasteiger partial charge in [0, 0.05) is 6.92 Å². The molecule has 0 aliphatic heterocycles. The lowest BCUT2D eigenvalue weighted by Crippen LogP contribution is -2.39. The van der Waals surface area contributed by atoms with Crippen molar-refractivity contribution in [1.29, 1.82) is 0 Å². The quantitative estimate of drug-likeness (QED) is 0.626. The van der Waals surface area contributed by atoms with Gasteiger partial charge in [-0.25, -0.2) is 4.79 Å². The average molecular weight is 197 g/mol. The Morgan fingerprint density at radius 1 is 1.50 bits per heavy atom. The summed E-state index contributed by atoms with van der Waals surface area (Å²) in [4.78, 5) is 21.3. The van der Waals surface area contributed by atoms with Gasteiger partial charge in [0.05, 0.1) is 0 Å². The Bertz CT molecular complexity index is 246. The maximum Gasteiger partial charge on any atom is 0.326 e. The summed E-state index contributed by atoms with van der Waals surface area (Å²) in [7, 11) is 0.